The van der Waals surface area contributed by atoms with Crippen LogP contribution in [0.25, 0.3) is 0 Å². The van der Waals surface area contributed by atoms with Gasteiger partial charge in [-0.15, -0.1) is 0 Å². The molecule has 0 aliphatic carbocycles. The van der Waals surface area contributed by atoms with Gasteiger partial charge in [-0.05, 0) is 18.4 Å². The number of benzene rings is 1. The molecule has 2 amide bonds. The summed E-state index contributed by atoms with van der Waals surface area (Å²) in [6.07, 6.45) is 0. The first kappa shape index (κ1) is 19.2. The third-order valence-electron chi connectivity index (χ3n) is 4.42. The molecule has 0 spiro atoms. The molecule has 0 aliphatic rings. The van der Waals surface area contributed by atoms with Crippen LogP contribution in [0.1, 0.15) is 40.2 Å². The minimum absolute atomic E-state index is 0.0361. The Kier molecular flexibility index (Phi) is 6.76. The van der Waals surface area contributed by atoms with E-state index in [2.05, 4.69) is 24.5 Å². The molecule has 0 aromatic heterocycles. The van der Waals surface area contributed by atoms with Crippen molar-refractivity contribution >= 4 is 11.8 Å². The molecule has 0 bridgehead atoms. The molecule has 1 aromatic rings. The lowest BCUT2D eigenvalue weighted by molar-refractivity contribution is -0.127. The Hall–Kier alpha value is -1.88. The number of hydrogen-bond acceptors (Lipinski definition) is 3. The summed E-state index contributed by atoms with van der Waals surface area (Å²) in [5.74, 6) is -0.482. The van der Waals surface area contributed by atoms with E-state index < -0.39 is 6.04 Å². The average Bonchev–Trinajstić information content (AvgIpc) is 2.52. The standard InChI is InChI=1S/C18H29N3O2/c1-12(2)16(19)17(23)20-11-15(22)21-13(3)18(4,5)14-9-7-6-8-10-14/h6-10,12-13,16H,11,19H2,1-5H3,(H,20,23)(H,21,22)/t13?,16-/m0/s1. The Balaban J connectivity index is 2.55. The van der Waals surface area contributed by atoms with Crippen molar-refractivity contribution in [1.82, 2.24) is 10.6 Å². The topological polar surface area (TPSA) is 84.2 Å². The maximum Gasteiger partial charge on any atom is 0.239 e. The summed E-state index contributed by atoms with van der Waals surface area (Å²) in [6, 6.07) is 9.36. The van der Waals surface area contributed by atoms with Crippen molar-refractivity contribution in [1.29, 1.82) is 0 Å². The molecule has 0 saturated carbocycles. The summed E-state index contributed by atoms with van der Waals surface area (Å²) in [5, 5.41) is 5.53. The van der Waals surface area contributed by atoms with Crippen LogP contribution in [-0.2, 0) is 15.0 Å². The van der Waals surface area contributed by atoms with Crippen molar-refractivity contribution in [3.05, 3.63) is 35.9 Å². The van der Waals surface area contributed by atoms with Crippen LogP contribution in [0.2, 0.25) is 0 Å². The maximum atomic E-state index is 12.1. The molecule has 0 heterocycles. The van der Waals surface area contributed by atoms with Crippen molar-refractivity contribution in [2.45, 2.75) is 52.1 Å². The van der Waals surface area contributed by atoms with Crippen molar-refractivity contribution in [2.75, 3.05) is 6.54 Å². The normalized spacial score (nSPS) is 14.2. The van der Waals surface area contributed by atoms with Crippen molar-refractivity contribution in [3.63, 3.8) is 0 Å². The van der Waals surface area contributed by atoms with Gasteiger partial charge in [0.25, 0.3) is 0 Å². The predicted octanol–water partition coefficient (Wildman–Crippen LogP) is 1.57. The van der Waals surface area contributed by atoms with E-state index in [4.69, 9.17) is 5.73 Å². The summed E-state index contributed by atoms with van der Waals surface area (Å²) in [5.41, 5.74) is 6.69. The zero-order valence-electron chi connectivity index (χ0n) is 14.7. The Bertz CT molecular complexity index is 526. The van der Waals surface area contributed by atoms with Crippen LogP contribution in [0, 0.1) is 5.92 Å². The van der Waals surface area contributed by atoms with Gasteiger partial charge in [0, 0.05) is 11.5 Å². The van der Waals surface area contributed by atoms with Crippen LogP contribution in [0.3, 0.4) is 0 Å². The van der Waals surface area contributed by atoms with Gasteiger partial charge in [0.2, 0.25) is 11.8 Å². The first-order valence-corrected chi connectivity index (χ1v) is 8.04. The number of carbonyl (C=O) groups is 2. The maximum absolute atomic E-state index is 12.1. The smallest absolute Gasteiger partial charge is 0.239 e. The molecule has 4 N–H and O–H groups in total. The van der Waals surface area contributed by atoms with Gasteiger partial charge < -0.3 is 16.4 Å². The zero-order chi connectivity index (χ0) is 17.6. The van der Waals surface area contributed by atoms with Crippen LogP contribution in [0.4, 0.5) is 0 Å². The molecule has 0 saturated heterocycles. The SMILES string of the molecule is CC(C)[C@H](N)C(=O)NCC(=O)NC(C)C(C)(C)c1ccccc1. The second-order valence-corrected chi connectivity index (χ2v) is 6.86. The largest absolute Gasteiger partial charge is 0.351 e. The Morgan fingerprint density at radius 1 is 1.13 bits per heavy atom. The number of nitrogens with two attached hydrogens (primary N) is 1. The van der Waals surface area contributed by atoms with Gasteiger partial charge in [-0.3, -0.25) is 9.59 Å². The molecule has 23 heavy (non-hydrogen) atoms. The van der Waals surface area contributed by atoms with E-state index in [-0.39, 0.29) is 35.7 Å². The lowest BCUT2D eigenvalue weighted by Crippen LogP contribution is -2.51. The van der Waals surface area contributed by atoms with E-state index in [0.717, 1.165) is 5.56 Å². The van der Waals surface area contributed by atoms with Crippen molar-refractivity contribution in [2.24, 2.45) is 11.7 Å². The first-order chi connectivity index (χ1) is 10.7. The van der Waals surface area contributed by atoms with Crippen LogP contribution in [0.5, 0.6) is 0 Å². The second-order valence-electron chi connectivity index (χ2n) is 6.86. The van der Waals surface area contributed by atoms with Crippen LogP contribution in [0.15, 0.2) is 30.3 Å². The highest BCUT2D eigenvalue weighted by atomic mass is 16.2. The number of hydrogen-bond donors (Lipinski definition) is 3. The van der Waals surface area contributed by atoms with Gasteiger partial charge in [-0.1, -0.05) is 58.0 Å². The summed E-state index contributed by atoms with van der Waals surface area (Å²) in [7, 11) is 0. The van der Waals surface area contributed by atoms with E-state index in [1.165, 1.54) is 0 Å². The summed E-state index contributed by atoms with van der Waals surface area (Å²) < 4.78 is 0. The van der Waals surface area contributed by atoms with Crippen LogP contribution in [-0.4, -0.2) is 30.4 Å². The van der Waals surface area contributed by atoms with Gasteiger partial charge in [-0.2, -0.15) is 0 Å². The third kappa shape index (κ3) is 5.36. The molecule has 5 nitrogen and oxygen atoms in total. The summed E-state index contributed by atoms with van der Waals surface area (Å²) in [4.78, 5) is 23.8. The molecule has 0 aliphatic heterocycles. The molecule has 1 unspecified atom stereocenters. The molecular weight excluding hydrogens is 290 g/mol. The highest BCUT2D eigenvalue weighted by Gasteiger charge is 2.29. The minimum atomic E-state index is -0.596. The zero-order valence-corrected chi connectivity index (χ0v) is 14.7. The first-order valence-electron chi connectivity index (χ1n) is 8.04. The third-order valence-corrected chi connectivity index (χ3v) is 4.42. The van der Waals surface area contributed by atoms with Crippen molar-refractivity contribution in [3.8, 4) is 0 Å². The Morgan fingerprint density at radius 2 is 1.70 bits per heavy atom. The molecule has 0 radical (unpaired) electrons. The van der Waals surface area contributed by atoms with Crippen molar-refractivity contribution < 1.29 is 9.59 Å². The highest BCUT2D eigenvalue weighted by molar-refractivity contribution is 5.87. The van der Waals surface area contributed by atoms with Crippen LogP contribution >= 0.6 is 0 Å². The van der Waals surface area contributed by atoms with Gasteiger partial charge in [0.1, 0.15) is 0 Å². The molecular formula is C18H29N3O2. The number of rotatable bonds is 7. The Morgan fingerprint density at radius 3 is 2.22 bits per heavy atom. The minimum Gasteiger partial charge on any atom is -0.351 e. The van der Waals surface area contributed by atoms with Gasteiger partial charge in [0.15, 0.2) is 0 Å². The van der Waals surface area contributed by atoms with E-state index in [0.29, 0.717) is 0 Å². The summed E-state index contributed by atoms with van der Waals surface area (Å²) >= 11 is 0. The monoisotopic (exact) mass is 319 g/mol. The van der Waals surface area contributed by atoms with E-state index >= 15 is 0 Å². The number of carbonyl (C=O) groups excluding carboxylic acids is 2. The van der Waals surface area contributed by atoms with Crippen LogP contribution < -0.4 is 16.4 Å². The predicted molar refractivity (Wildman–Crippen MR) is 92.9 cm³/mol. The molecule has 2 atom stereocenters. The van der Waals surface area contributed by atoms with Gasteiger partial charge in [0.05, 0.1) is 12.6 Å². The fraction of sp³-hybridized carbons (Fsp3) is 0.556. The molecule has 1 aromatic carbocycles. The molecule has 128 valence electrons. The average molecular weight is 319 g/mol. The molecule has 0 fully saturated rings. The highest BCUT2D eigenvalue weighted by Crippen LogP contribution is 2.26. The Labute approximate surface area is 139 Å². The molecule has 5 heteroatoms. The molecule has 1 rings (SSSR count). The van der Waals surface area contributed by atoms with E-state index in [1.807, 2.05) is 51.1 Å². The lowest BCUT2D eigenvalue weighted by Gasteiger charge is -2.33. The quantitative estimate of drug-likeness (QED) is 0.713. The van der Waals surface area contributed by atoms with E-state index in [9.17, 15) is 9.59 Å². The second kappa shape index (κ2) is 8.11. The number of nitrogens with one attached hydrogen (secondary N) is 2. The van der Waals surface area contributed by atoms with Gasteiger partial charge in [-0.25, -0.2) is 0 Å². The fourth-order valence-electron chi connectivity index (χ4n) is 2.18. The van der Waals surface area contributed by atoms with E-state index in [1.54, 1.807) is 0 Å². The van der Waals surface area contributed by atoms with Gasteiger partial charge >= 0.3 is 0 Å². The number of amides is 2. The fourth-order valence-corrected chi connectivity index (χ4v) is 2.18. The summed E-state index contributed by atoms with van der Waals surface area (Å²) in [6.45, 7) is 9.81. The lowest BCUT2D eigenvalue weighted by atomic mass is 9.78.